The molecule has 7 nitrogen and oxygen atoms in total. The molecule has 2 aromatic rings. The van der Waals surface area contributed by atoms with Crippen LogP contribution in [0.25, 0.3) is 10.8 Å². The van der Waals surface area contributed by atoms with Gasteiger partial charge in [-0.1, -0.05) is 0 Å². The summed E-state index contributed by atoms with van der Waals surface area (Å²) >= 11 is 1.04. The first-order valence-electron chi connectivity index (χ1n) is 7.98. The minimum atomic E-state index is -4.42. The lowest BCUT2D eigenvalue weighted by atomic mass is 10.2. The van der Waals surface area contributed by atoms with E-state index in [1.807, 2.05) is 0 Å². The number of carbonyl (C=O) groups is 1. The number of aromatic nitrogens is 3. The molecule has 1 fully saturated rings. The average Bonchev–Trinajstić information content (AvgIpc) is 3.12. The van der Waals surface area contributed by atoms with Gasteiger partial charge in [0.2, 0.25) is 0 Å². The smallest absolute Gasteiger partial charge is 0.349 e. The Bertz CT molecular complexity index is 732. The van der Waals surface area contributed by atoms with Crippen LogP contribution < -0.4 is 10.6 Å². The zero-order valence-corrected chi connectivity index (χ0v) is 14.5. The van der Waals surface area contributed by atoms with Crippen LogP contribution in [0.1, 0.15) is 9.67 Å². The molecule has 2 N–H and O–H groups in total. The quantitative estimate of drug-likeness (QED) is 0.803. The Morgan fingerprint density at radius 1 is 1.27 bits per heavy atom. The zero-order valence-electron chi connectivity index (χ0n) is 13.7. The van der Waals surface area contributed by atoms with E-state index in [9.17, 15) is 18.0 Å². The lowest BCUT2D eigenvalue weighted by molar-refractivity contribution is -0.183. The predicted molar refractivity (Wildman–Crippen MR) is 89.8 cm³/mol. The molecule has 1 atom stereocenters. The summed E-state index contributed by atoms with van der Waals surface area (Å²) < 4.78 is 40.0. The molecule has 0 saturated carbocycles. The fourth-order valence-electron chi connectivity index (χ4n) is 2.61. The van der Waals surface area contributed by atoms with Crippen molar-refractivity contribution in [3.05, 3.63) is 29.5 Å². The molecule has 2 aromatic heterocycles. The molecule has 26 heavy (non-hydrogen) atoms. The molecular weight excluding hydrogens is 369 g/mol. The second-order valence-electron chi connectivity index (χ2n) is 5.66. The van der Waals surface area contributed by atoms with Crippen LogP contribution in [-0.4, -0.2) is 70.7 Å². The van der Waals surface area contributed by atoms with Crippen molar-refractivity contribution in [2.75, 3.05) is 32.7 Å². The molecule has 0 aromatic carbocycles. The maximum Gasteiger partial charge on any atom is 0.405 e. The standard InChI is InChI=1S/C15H17F3N6OS/c16-15(17,18)11(24-6-4-19-5-7-24)9-22-13(25)10-8-23-14(26-10)12-20-2-1-3-21-12/h1-3,8,11,19H,4-7,9H2,(H,22,25). The topological polar surface area (TPSA) is 83.0 Å². The van der Waals surface area contributed by atoms with E-state index in [2.05, 4.69) is 25.6 Å². The number of amides is 1. The molecule has 3 rings (SSSR count). The molecule has 3 heterocycles. The first kappa shape index (κ1) is 18.7. The molecule has 11 heteroatoms. The van der Waals surface area contributed by atoms with Gasteiger partial charge in [0.15, 0.2) is 10.8 Å². The van der Waals surface area contributed by atoms with Gasteiger partial charge in [0.05, 0.1) is 6.20 Å². The fourth-order valence-corrected chi connectivity index (χ4v) is 3.39. The molecule has 140 valence electrons. The first-order chi connectivity index (χ1) is 12.4. The minimum absolute atomic E-state index is 0.216. The molecule has 0 bridgehead atoms. The Morgan fingerprint density at radius 2 is 1.96 bits per heavy atom. The number of nitrogens with zero attached hydrogens (tertiary/aromatic N) is 4. The summed E-state index contributed by atoms with van der Waals surface area (Å²) in [5.41, 5.74) is 0. The van der Waals surface area contributed by atoms with E-state index in [0.29, 0.717) is 23.9 Å². The van der Waals surface area contributed by atoms with Crippen LogP contribution >= 0.6 is 11.3 Å². The molecular formula is C15H17F3N6OS. The van der Waals surface area contributed by atoms with Gasteiger partial charge in [0.1, 0.15) is 10.9 Å². The lowest BCUT2D eigenvalue weighted by Gasteiger charge is -2.35. The van der Waals surface area contributed by atoms with Gasteiger partial charge in [-0.2, -0.15) is 13.2 Å². The summed E-state index contributed by atoms with van der Waals surface area (Å²) in [6.07, 6.45) is -0.00374. The van der Waals surface area contributed by atoms with Crippen LogP contribution in [0.15, 0.2) is 24.7 Å². The number of thiazole rings is 1. The second-order valence-corrected chi connectivity index (χ2v) is 6.69. The molecule has 0 aliphatic carbocycles. The van der Waals surface area contributed by atoms with Gasteiger partial charge in [-0.05, 0) is 6.07 Å². The monoisotopic (exact) mass is 386 g/mol. The minimum Gasteiger partial charge on any atom is -0.349 e. The van der Waals surface area contributed by atoms with Crippen molar-refractivity contribution in [1.82, 2.24) is 30.5 Å². The highest BCUT2D eigenvalue weighted by Crippen LogP contribution is 2.25. The van der Waals surface area contributed by atoms with Crippen LogP contribution in [0.4, 0.5) is 13.2 Å². The zero-order chi connectivity index (χ0) is 18.6. The summed E-state index contributed by atoms with van der Waals surface area (Å²) in [6.45, 7) is 1.06. The number of piperazine rings is 1. The third-order valence-corrected chi connectivity index (χ3v) is 4.90. The third kappa shape index (κ3) is 4.54. The highest BCUT2D eigenvalue weighted by molar-refractivity contribution is 7.16. The molecule has 1 saturated heterocycles. The van der Waals surface area contributed by atoms with E-state index in [1.165, 1.54) is 11.1 Å². The van der Waals surface area contributed by atoms with Gasteiger partial charge in [-0.15, -0.1) is 11.3 Å². The number of hydrogen-bond donors (Lipinski definition) is 2. The lowest BCUT2D eigenvalue weighted by Crippen LogP contribution is -2.57. The number of rotatable bonds is 5. The molecule has 1 aliphatic heterocycles. The van der Waals surface area contributed by atoms with Gasteiger partial charge >= 0.3 is 6.18 Å². The van der Waals surface area contributed by atoms with Gasteiger partial charge < -0.3 is 10.6 Å². The van der Waals surface area contributed by atoms with Crippen molar-refractivity contribution < 1.29 is 18.0 Å². The Labute approximate surface area is 151 Å². The predicted octanol–water partition coefficient (Wildman–Crippen LogP) is 1.17. The maximum absolute atomic E-state index is 13.3. The highest BCUT2D eigenvalue weighted by Gasteiger charge is 2.43. The van der Waals surface area contributed by atoms with Crippen LogP contribution in [0, 0.1) is 0 Å². The number of hydrogen-bond acceptors (Lipinski definition) is 7. The summed E-state index contributed by atoms with van der Waals surface area (Å²) in [5, 5.41) is 5.83. The second kappa shape index (κ2) is 8.06. The number of halogens is 3. The van der Waals surface area contributed by atoms with Gasteiger partial charge in [0, 0.05) is 45.1 Å². The van der Waals surface area contributed by atoms with Gasteiger partial charge in [-0.3, -0.25) is 9.69 Å². The molecule has 1 unspecified atom stereocenters. The van der Waals surface area contributed by atoms with Gasteiger partial charge in [-0.25, -0.2) is 15.0 Å². The average molecular weight is 386 g/mol. The number of alkyl halides is 3. The third-order valence-electron chi connectivity index (χ3n) is 3.91. The maximum atomic E-state index is 13.3. The SMILES string of the molecule is O=C(NCC(N1CCNCC1)C(F)(F)F)c1cnc(-c2ncccn2)s1. The van der Waals surface area contributed by atoms with Crippen LogP contribution in [-0.2, 0) is 0 Å². The van der Waals surface area contributed by atoms with Crippen molar-refractivity contribution in [2.45, 2.75) is 12.2 Å². The van der Waals surface area contributed by atoms with Crippen molar-refractivity contribution in [3.63, 3.8) is 0 Å². The van der Waals surface area contributed by atoms with Crippen LogP contribution in [0.3, 0.4) is 0 Å². The normalized spacial score (nSPS) is 17.0. The highest BCUT2D eigenvalue weighted by atomic mass is 32.1. The van der Waals surface area contributed by atoms with E-state index in [-0.39, 0.29) is 18.0 Å². The summed E-state index contributed by atoms with van der Waals surface area (Å²) in [7, 11) is 0. The van der Waals surface area contributed by atoms with E-state index in [0.717, 1.165) is 11.3 Å². The Balaban J connectivity index is 1.64. The largest absolute Gasteiger partial charge is 0.405 e. The number of nitrogens with one attached hydrogen (secondary N) is 2. The van der Waals surface area contributed by atoms with E-state index in [1.54, 1.807) is 18.5 Å². The molecule has 1 amide bonds. The Hall–Kier alpha value is -2.11. The Kier molecular flexibility index (Phi) is 5.79. The molecule has 0 radical (unpaired) electrons. The fraction of sp³-hybridized carbons (Fsp3) is 0.467. The molecule has 1 aliphatic rings. The van der Waals surface area contributed by atoms with Crippen LogP contribution in [0.5, 0.6) is 0 Å². The van der Waals surface area contributed by atoms with Crippen molar-refractivity contribution in [3.8, 4) is 10.8 Å². The van der Waals surface area contributed by atoms with Crippen molar-refractivity contribution in [1.29, 1.82) is 0 Å². The van der Waals surface area contributed by atoms with Gasteiger partial charge in [0.25, 0.3) is 5.91 Å². The van der Waals surface area contributed by atoms with Crippen LogP contribution in [0.2, 0.25) is 0 Å². The van der Waals surface area contributed by atoms with E-state index >= 15 is 0 Å². The summed E-state index contributed by atoms with van der Waals surface area (Å²) in [4.78, 5) is 25.9. The first-order valence-corrected chi connectivity index (χ1v) is 8.79. The van der Waals surface area contributed by atoms with Crippen molar-refractivity contribution in [2.24, 2.45) is 0 Å². The van der Waals surface area contributed by atoms with E-state index < -0.39 is 24.7 Å². The number of carbonyl (C=O) groups excluding carboxylic acids is 1. The van der Waals surface area contributed by atoms with E-state index in [4.69, 9.17) is 0 Å². The Morgan fingerprint density at radius 3 is 2.62 bits per heavy atom. The summed E-state index contributed by atoms with van der Waals surface area (Å²) in [6, 6.07) is -0.0589. The van der Waals surface area contributed by atoms with Crippen molar-refractivity contribution >= 4 is 17.2 Å². The summed E-state index contributed by atoms with van der Waals surface area (Å²) in [5.74, 6) is -0.223. The molecule has 0 spiro atoms.